The highest BCUT2D eigenvalue weighted by Gasteiger charge is 2.25. The number of aromatic nitrogens is 2. The Morgan fingerprint density at radius 3 is 2.42 bits per heavy atom. The third-order valence-electron chi connectivity index (χ3n) is 5.80. The summed E-state index contributed by atoms with van der Waals surface area (Å²) in [6, 6.07) is 15.6. The maximum absolute atomic E-state index is 9.85. The first-order valence-corrected chi connectivity index (χ1v) is 11.1. The Balaban J connectivity index is 1.39. The van der Waals surface area contributed by atoms with Gasteiger partial charge in [-0.15, -0.1) is 0 Å². The van der Waals surface area contributed by atoms with Gasteiger partial charge in [0.05, 0.1) is 25.9 Å². The molecule has 1 aromatic heterocycles. The molecule has 1 fully saturated rings. The number of rotatable bonds is 7. The number of benzene rings is 2. The van der Waals surface area contributed by atoms with Gasteiger partial charge >= 0.3 is 0 Å². The van der Waals surface area contributed by atoms with Crippen molar-refractivity contribution in [3.05, 3.63) is 72.3 Å². The maximum Gasteiger partial charge on any atom is 0.138 e. The summed E-state index contributed by atoms with van der Waals surface area (Å²) in [5.74, 6) is 6.77. The Bertz CT molecular complexity index is 1100. The molecule has 0 bridgehead atoms. The van der Waals surface area contributed by atoms with E-state index in [1.807, 2.05) is 36.4 Å². The van der Waals surface area contributed by atoms with Gasteiger partial charge in [-0.25, -0.2) is 4.98 Å². The van der Waals surface area contributed by atoms with E-state index < -0.39 is 18.2 Å². The van der Waals surface area contributed by atoms with E-state index in [1.165, 1.54) is 0 Å². The fourth-order valence-corrected chi connectivity index (χ4v) is 3.84. The van der Waals surface area contributed by atoms with Crippen molar-refractivity contribution >= 4 is 5.69 Å². The molecule has 2 aromatic carbocycles. The third kappa shape index (κ3) is 5.62. The third-order valence-corrected chi connectivity index (χ3v) is 5.80. The average Bonchev–Trinajstić information content (AvgIpc) is 3.48. The van der Waals surface area contributed by atoms with Gasteiger partial charge in [0.2, 0.25) is 0 Å². The number of aliphatic hydroxyl groups is 3. The van der Waals surface area contributed by atoms with Crippen molar-refractivity contribution in [1.29, 1.82) is 0 Å². The molecule has 4 rings (SSSR count). The molecule has 33 heavy (non-hydrogen) atoms. The van der Waals surface area contributed by atoms with Gasteiger partial charge < -0.3 is 29.9 Å². The number of aliphatic hydroxyl groups excluding tert-OH is 3. The van der Waals surface area contributed by atoms with Crippen LogP contribution >= 0.6 is 0 Å². The van der Waals surface area contributed by atoms with Crippen molar-refractivity contribution in [2.45, 2.75) is 25.2 Å². The molecule has 7 heteroatoms. The van der Waals surface area contributed by atoms with Gasteiger partial charge in [0.25, 0.3) is 0 Å². The van der Waals surface area contributed by atoms with Crippen LogP contribution < -0.4 is 5.32 Å². The second kappa shape index (κ2) is 10.6. The van der Waals surface area contributed by atoms with Crippen LogP contribution in [0.25, 0.3) is 11.1 Å². The quantitative estimate of drug-likeness (QED) is 0.416. The summed E-state index contributed by atoms with van der Waals surface area (Å²) in [6.07, 6.45) is 2.17. The summed E-state index contributed by atoms with van der Waals surface area (Å²) >= 11 is 0. The second-order valence-corrected chi connectivity index (χ2v) is 8.24. The number of nitrogens with one attached hydrogen (secondary N) is 1. The highest BCUT2D eigenvalue weighted by molar-refractivity contribution is 5.66. The maximum atomic E-state index is 9.85. The first kappa shape index (κ1) is 23.0. The van der Waals surface area contributed by atoms with Crippen molar-refractivity contribution in [2.24, 2.45) is 5.92 Å². The zero-order valence-electron chi connectivity index (χ0n) is 18.6. The van der Waals surface area contributed by atoms with E-state index in [1.54, 1.807) is 23.9 Å². The van der Waals surface area contributed by atoms with Crippen molar-refractivity contribution in [1.82, 2.24) is 9.55 Å². The van der Waals surface area contributed by atoms with Gasteiger partial charge in [0.1, 0.15) is 18.0 Å². The van der Waals surface area contributed by atoms with Gasteiger partial charge in [-0.2, -0.15) is 0 Å². The molecule has 0 aliphatic carbocycles. The molecule has 0 saturated carbocycles. The Labute approximate surface area is 193 Å². The van der Waals surface area contributed by atoms with Crippen molar-refractivity contribution in [3.8, 4) is 23.0 Å². The number of imidazole rings is 1. The van der Waals surface area contributed by atoms with E-state index in [0.717, 1.165) is 22.4 Å². The topological polar surface area (TPSA) is 99.8 Å². The fourth-order valence-electron chi connectivity index (χ4n) is 3.84. The first-order valence-electron chi connectivity index (χ1n) is 11.1. The highest BCUT2D eigenvalue weighted by atomic mass is 16.5. The van der Waals surface area contributed by atoms with Gasteiger partial charge in [0, 0.05) is 36.1 Å². The number of ether oxygens (including phenoxy) is 1. The summed E-state index contributed by atoms with van der Waals surface area (Å²) in [7, 11) is 0. The molecule has 2 heterocycles. The van der Waals surface area contributed by atoms with Gasteiger partial charge in [-0.3, -0.25) is 0 Å². The number of nitrogens with zero attached hydrogens (tertiary/aromatic N) is 2. The first-order chi connectivity index (χ1) is 16.0. The molecule has 4 N–H and O–H groups in total. The van der Waals surface area contributed by atoms with Crippen LogP contribution in [-0.2, 0) is 4.74 Å². The standard InChI is InChI=1S/C26H29N3O4/c1-18(31)26-27-12-13-29(26)24(15-30)11-4-19-2-5-20(6-3-19)21-7-9-23(10-8-21)28-14-22-16-33-17-25(22)32/h2-3,5-10,12-13,18,22,24-25,28,30-32H,14-17H2,1H3. The summed E-state index contributed by atoms with van der Waals surface area (Å²) in [5.41, 5.74) is 4.02. The van der Waals surface area contributed by atoms with Crippen LogP contribution in [-0.4, -0.2) is 57.3 Å². The number of anilines is 1. The van der Waals surface area contributed by atoms with Crippen LogP contribution in [0.5, 0.6) is 0 Å². The van der Waals surface area contributed by atoms with Crippen LogP contribution in [0.15, 0.2) is 60.9 Å². The number of hydrogen-bond acceptors (Lipinski definition) is 6. The van der Waals surface area contributed by atoms with Crippen LogP contribution in [0, 0.1) is 17.8 Å². The molecule has 0 radical (unpaired) electrons. The van der Waals surface area contributed by atoms with Crippen LogP contribution in [0.2, 0.25) is 0 Å². The molecule has 4 unspecified atom stereocenters. The minimum atomic E-state index is -0.736. The molecule has 0 amide bonds. The molecular formula is C26H29N3O4. The van der Waals surface area contributed by atoms with Gasteiger partial charge in [-0.05, 0) is 42.3 Å². The molecule has 0 spiro atoms. The molecule has 4 atom stereocenters. The number of hydrogen-bond donors (Lipinski definition) is 4. The predicted octanol–water partition coefficient (Wildman–Crippen LogP) is 2.61. The zero-order valence-corrected chi connectivity index (χ0v) is 18.6. The summed E-state index contributed by atoms with van der Waals surface area (Å²) < 4.78 is 6.98. The van der Waals surface area contributed by atoms with Crippen LogP contribution in [0.3, 0.4) is 0 Å². The van der Waals surface area contributed by atoms with E-state index in [2.05, 4.69) is 34.3 Å². The van der Waals surface area contributed by atoms with Gasteiger partial charge in [0.15, 0.2) is 0 Å². The minimum absolute atomic E-state index is 0.121. The SMILES string of the molecule is CC(O)c1nccn1C(C#Cc1ccc(-c2ccc(NCC3COCC3O)cc2)cc1)CO. The summed E-state index contributed by atoms with van der Waals surface area (Å²) in [4.78, 5) is 4.14. The fraction of sp³-hybridized carbons (Fsp3) is 0.346. The Morgan fingerprint density at radius 2 is 1.82 bits per heavy atom. The summed E-state index contributed by atoms with van der Waals surface area (Å²) in [6.45, 7) is 3.15. The molecule has 1 aliphatic heterocycles. The van der Waals surface area contributed by atoms with Gasteiger partial charge in [-0.1, -0.05) is 36.1 Å². The summed E-state index contributed by atoms with van der Waals surface area (Å²) in [5, 5.41) is 32.8. The predicted molar refractivity (Wildman–Crippen MR) is 127 cm³/mol. The lowest BCUT2D eigenvalue weighted by Gasteiger charge is -2.14. The lowest BCUT2D eigenvalue weighted by Crippen LogP contribution is -2.25. The zero-order chi connectivity index (χ0) is 23.2. The Morgan fingerprint density at radius 1 is 1.12 bits per heavy atom. The second-order valence-electron chi connectivity index (χ2n) is 8.24. The van der Waals surface area contributed by atoms with Crippen molar-refractivity contribution in [3.63, 3.8) is 0 Å². The van der Waals surface area contributed by atoms with Crippen LogP contribution in [0.4, 0.5) is 5.69 Å². The largest absolute Gasteiger partial charge is 0.393 e. The molecule has 7 nitrogen and oxygen atoms in total. The normalized spacial score (nSPS) is 19.5. The molecule has 172 valence electrons. The highest BCUT2D eigenvalue weighted by Crippen LogP contribution is 2.23. The molecular weight excluding hydrogens is 418 g/mol. The van der Waals surface area contributed by atoms with E-state index >= 15 is 0 Å². The Kier molecular flexibility index (Phi) is 7.43. The van der Waals surface area contributed by atoms with E-state index in [0.29, 0.717) is 25.6 Å². The van der Waals surface area contributed by atoms with Crippen LogP contribution in [0.1, 0.15) is 30.5 Å². The van der Waals surface area contributed by atoms with E-state index in [4.69, 9.17) is 4.74 Å². The monoisotopic (exact) mass is 447 g/mol. The van der Waals surface area contributed by atoms with E-state index in [9.17, 15) is 15.3 Å². The van der Waals surface area contributed by atoms with Crippen molar-refractivity contribution in [2.75, 3.05) is 31.7 Å². The van der Waals surface area contributed by atoms with E-state index in [-0.39, 0.29) is 12.5 Å². The average molecular weight is 448 g/mol. The smallest absolute Gasteiger partial charge is 0.138 e. The minimum Gasteiger partial charge on any atom is -0.393 e. The lowest BCUT2D eigenvalue weighted by atomic mass is 10.0. The molecule has 1 saturated heterocycles. The Hall–Kier alpha value is -3.15. The van der Waals surface area contributed by atoms with Crippen molar-refractivity contribution < 1.29 is 20.1 Å². The lowest BCUT2D eigenvalue weighted by molar-refractivity contribution is 0.120. The molecule has 3 aromatic rings. The molecule has 1 aliphatic rings.